The van der Waals surface area contributed by atoms with Crippen LogP contribution in [0.15, 0.2) is 48.5 Å². The molecule has 164 valence electrons. The molecule has 2 aromatic carbocycles. The molecule has 0 saturated carbocycles. The largest absolute Gasteiger partial charge is 0.494 e. The third-order valence-electron chi connectivity index (χ3n) is 3.86. The van der Waals surface area contributed by atoms with Gasteiger partial charge in [-0.3, -0.25) is 14.4 Å². The molecule has 0 spiro atoms. The van der Waals surface area contributed by atoms with Crippen molar-refractivity contribution in [3.05, 3.63) is 54.1 Å². The molecule has 0 aliphatic carbocycles. The highest BCUT2D eigenvalue weighted by atomic mass is 16.5. The van der Waals surface area contributed by atoms with Crippen molar-refractivity contribution < 1.29 is 28.6 Å². The van der Waals surface area contributed by atoms with Gasteiger partial charge in [0.25, 0.3) is 5.91 Å². The zero-order valence-corrected chi connectivity index (χ0v) is 17.3. The minimum atomic E-state index is -0.603. The number of ether oxygens (including phenoxy) is 3. The van der Waals surface area contributed by atoms with Gasteiger partial charge in [0.2, 0.25) is 11.8 Å². The Morgan fingerprint density at radius 3 is 2.42 bits per heavy atom. The number of anilines is 1. The quantitative estimate of drug-likeness (QED) is 0.469. The van der Waals surface area contributed by atoms with Crippen molar-refractivity contribution in [1.29, 1.82) is 0 Å². The van der Waals surface area contributed by atoms with Crippen molar-refractivity contribution in [2.75, 3.05) is 32.2 Å². The zero-order valence-electron chi connectivity index (χ0n) is 17.3. The van der Waals surface area contributed by atoms with Gasteiger partial charge < -0.3 is 30.6 Å². The maximum atomic E-state index is 12.0. The Kier molecular flexibility index (Phi) is 8.90. The maximum absolute atomic E-state index is 12.0. The van der Waals surface area contributed by atoms with E-state index >= 15 is 0 Å². The Labute approximate surface area is 180 Å². The van der Waals surface area contributed by atoms with Gasteiger partial charge in [-0.2, -0.15) is 0 Å². The first-order valence-electron chi connectivity index (χ1n) is 9.49. The van der Waals surface area contributed by atoms with Gasteiger partial charge in [-0.15, -0.1) is 0 Å². The number of amides is 3. The molecule has 3 amide bonds. The summed E-state index contributed by atoms with van der Waals surface area (Å²) in [6, 6.07) is 11.9. The minimum absolute atomic E-state index is 0.181. The van der Waals surface area contributed by atoms with Crippen molar-refractivity contribution in [3.8, 4) is 17.2 Å². The van der Waals surface area contributed by atoms with Crippen LogP contribution in [0.3, 0.4) is 0 Å². The number of nitrogens with one attached hydrogen (secondary N) is 2. The predicted octanol–water partition coefficient (Wildman–Crippen LogP) is 1.73. The van der Waals surface area contributed by atoms with Crippen molar-refractivity contribution in [1.82, 2.24) is 5.32 Å². The van der Waals surface area contributed by atoms with Crippen molar-refractivity contribution in [2.24, 2.45) is 5.73 Å². The third kappa shape index (κ3) is 8.09. The van der Waals surface area contributed by atoms with Gasteiger partial charge in [0.1, 0.15) is 5.75 Å². The Morgan fingerprint density at radius 2 is 1.77 bits per heavy atom. The normalized spacial score (nSPS) is 10.4. The van der Waals surface area contributed by atoms with Gasteiger partial charge in [-0.05, 0) is 55.0 Å². The predicted molar refractivity (Wildman–Crippen MR) is 116 cm³/mol. The van der Waals surface area contributed by atoms with Crippen LogP contribution in [-0.2, 0) is 14.4 Å². The first-order chi connectivity index (χ1) is 14.9. The van der Waals surface area contributed by atoms with E-state index in [4.69, 9.17) is 19.9 Å². The first kappa shape index (κ1) is 23.3. The number of primary amides is 1. The summed E-state index contributed by atoms with van der Waals surface area (Å²) in [7, 11) is 1.45. The van der Waals surface area contributed by atoms with E-state index in [9.17, 15) is 14.4 Å². The van der Waals surface area contributed by atoms with E-state index < -0.39 is 11.8 Å². The fourth-order valence-electron chi connectivity index (χ4n) is 2.46. The molecule has 0 aliphatic rings. The number of hydrogen-bond acceptors (Lipinski definition) is 6. The molecule has 2 aromatic rings. The lowest BCUT2D eigenvalue weighted by Crippen LogP contribution is -2.31. The van der Waals surface area contributed by atoms with E-state index in [0.717, 1.165) is 0 Å². The summed E-state index contributed by atoms with van der Waals surface area (Å²) in [5, 5.41) is 5.19. The molecule has 0 saturated heterocycles. The van der Waals surface area contributed by atoms with Gasteiger partial charge in [0, 0.05) is 11.8 Å². The summed E-state index contributed by atoms with van der Waals surface area (Å²) in [6.45, 7) is 2.00. The number of nitrogens with two attached hydrogens (primary N) is 1. The highest BCUT2D eigenvalue weighted by Crippen LogP contribution is 2.28. The molecule has 0 radical (unpaired) electrons. The molecule has 31 heavy (non-hydrogen) atoms. The summed E-state index contributed by atoms with van der Waals surface area (Å²) in [5.41, 5.74) is 6.32. The van der Waals surface area contributed by atoms with Crippen LogP contribution in [0.5, 0.6) is 17.2 Å². The highest BCUT2D eigenvalue weighted by molar-refractivity contribution is 5.98. The number of carbonyl (C=O) groups is 3. The first-order valence-corrected chi connectivity index (χ1v) is 9.49. The Morgan fingerprint density at radius 1 is 1.03 bits per heavy atom. The standard InChI is InChI=1S/C22H25N3O6/c1-3-30-17-8-6-16(7-9-17)25-22(28)13-24-21(27)11-5-15-4-10-18(19(12-15)29-2)31-14-20(23)26/h4-12H,3,13-14H2,1-2H3,(H2,23,26)(H,24,27)(H,25,28)/b11-5+. The average Bonchev–Trinajstić information content (AvgIpc) is 2.76. The molecule has 0 bridgehead atoms. The molecule has 0 heterocycles. The summed E-state index contributed by atoms with van der Waals surface area (Å²) < 4.78 is 15.8. The molecule has 0 aliphatic heterocycles. The van der Waals surface area contributed by atoms with Gasteiger partial charge in [-0.25, -0.2) is 0 Å². The molecule has 0 aromatic heterocycles. The van der Waals surface area contributed by atoms with Crippen LogP contribution >= 0.6 is 0 Å². The molecule has 0 atom stereocenters. The third-order valence-corrected chi connectivity index (χ3v) is 3.86. The number of rotatable bonds is 11. The fourth-order valence-corrected chi connectivity index (χ4v) is 2.46. The van der Waals surface area contributed by atoms with Crippen LogP contribution in [0.2, 0.25) is 0 Å². The van der Waals surface area contributed by atoms with E-state index in [1.165, 1.54) is 13.2 Å². The Bertz CT molecular complexity index is 941. The SMILES string of the molecule is CCOc1ccc(NC(=O)CNC(=O)/C=C/c2ccc(OCC(N)=O)c(OC)c2)cc1. The van der Waals surface area contributed by atoms with Crippen molar-refractivity contribution in [2.45, 2.75) is 6.92 Å². The number of hydrogen-bond donors (Lipinski definition) is 3. The van der Waals surface area contributed by atoms with Crippen LogP contribution < -0.4 is 30.6 Å². The molecule has 9 nitrogen and oxygen atoms in total. The van der Waals surface area contributed by atoms with Gasteiger partial charge in [0.05, 0.1) is 20.3 Å². The van der Waals surface area contributed by atoms with Gasteiger partial charge in [0.15, 0.2) is 18.1 Å². The van der Waals surface area contributed by atoms with Crippen LogP contribution in [0, 0.1) is 0 Å². The molecule has 9 heteroatoms. The number of carbonyl (C=O) groups excluding carboxylic acids is 3. The highest BCUT2D eigenvalue weighted by Gasteiger charge is 2.07. The second-order valence-electron chi connectivity index (χ2n) is 6.22. The topological polar surface area (TPSA) is 129 Å². The summed E-state index contributed by atoms with van der Waals surface area (Å²) in [6.07, 6.45) is 2.85. The fraction of sp³-hybridized carbons (Fsp3) is 0.227. The van der Waals surface area contributed by atoms with E-state index in [1.807, 2.05) is 6.92 Å². The van der Waals surface area contributed by atoms with E-state index in [0.29, 0.717) is 35.1 Å². The summed E-state index contributed by atoms with van der Waals surface area (Å²) >= 11 is 0. The molecule has 0 unspecified atom stereocenters. The molecular formula is C22H25N3O6. The summed E-state index contributed by atoms with van der Waals surface area (Å²) in [4.78, 5) is 34.8. The smallest absolute Gasteiger partial charge is 0.255 e. The maximum Gasteiger partial charge on any atom is 0.255 e. The van der Waals surface area contributed by atoms with Gasteiger partial charge in [-0.1, -0.05) is 6.07 Å². The van der Waals surface area contributed by atoms with Crippen LogP contribution in [0.1, 0.15) is 12.5 Å². The Hall–Kier alpha value is -4.01. The zero-order chi connectivity index (χ0) is 22.6. The van der Waals surface area contributed by atoms with Crippen LogP contribution in [0.4, 0.5) is 5.69 Å². The molecule has 2 rings (SSSR count). The molecular weight excluding hydrogens is 402 g/mol. The lowest BCUT2D eigenvalue weighted by atomic mass is 10.2. The van der Waals surface area contributed by atoms with Crippen molar-refractivity contribution in [3.63, 3.8) is 0 Å². The molecule has 4 N–H and O–H groups in total. The van der Waals surface area contributed by atoms with Crippen molar-refractivity contribution >= 4 is 29.5 Å². The average molecular weight is 427 g/mol. The number of benzene rings is 2. The monoisotopic (exact) mass is 427 g/mol. The minimum Gasteiger partial charge on any atom is -0.494 e. The Balaban J connectivity index is 1.84. The lowest BCUT2D eigenvalue weighted by molar-refractivity contribution is -0.121. The number of methoxy groups -OCH3 is 1. The van der Waals surface area contributed by atoms with Crippen LogP contribution in [0.25, 0.3) is 6.08 Å². The van der Waals surface area contributed by atoms with E-state index in [-0.39, 0.29) is 19.1 Å². The van der Waals surface area contributed by atoms with E-state index in [1.54, 1.807) is 48.5 Å². The van der Waals surface area contributed by atoms with Crippen LogP contribution in [-0.4, -0.2) is 44.6 Å². The van der Waals surface area contributed by atoms with Gasteiger partial charge >= 0.3 is 0 Å². The molecule has 0 fully saturated rings. The second-order valence-corrected chi connectivity index (χ2v) is 6.22. The van der Waals surface area contributed by atoms with E-state index in [2.05, 4.69) is 10.6 Å². The summed E-state index contributed by atoms with van der Waals surface area (Å²) in [5.74, 6) is 0.0584. The second kappa shape index (κ2) is 11.9. The lowest BCUT2D eigenvalue weighted by Gasteiger charge is -2.10.